The summed E-state index contributed by atoms with van der Waals surface area (Å²) in [5.41, 5.74) is 3.86. The predicted octanol–water partition coefficient (Wildman–Crippen LogP) is 4.05. The lowest BCUT2D eigenvalue weighted by Crippen LogP contribution is -2.17. The Morgan fingerprint density at radius 3 is 2.73 bits per heavy atom. The molecule has 158 valence electrons. The van der Waals surface area contributed by atoms with Crippen molar-refractivity contribution >= 4 is 17.1 Å². The fourth-order valence-corrected chi connectivity index (χ4v) is 2.95. The molecule has 0 atom stereocenters. The summed E-state index contributed by atoms with van der Waals surface area (Å²) in [6.45, 7) is 10.3. The molecule has 3 heterocycles. The van der Waals surface area contributed by atoms with Gasteiger partial charge in [0.1, 0.15) is 5.69 Å². The molecule has 30 heavy (non-hydrogen) atoms. The van der Waals surface area contributed by atoms with Crippen molar-refractivity contribution in [3.8, 4) is 17.1 Å². The molecule has 0 spiro atoms. The number of hydrogen-bond donors (Lipinski definition) is 3. The number of pyridine rings is 2. The van der Waals surface area contributed by atoms with Crippen LogP contribution in [0.2, 0.25) is 0 Å². The van der Waals surface area contributed by atoms with Crippen molar-refractivity contribution in [1.82, 2.24) is 20.1 Å². The van der Waals surface area contributed by atoms with Crippen LogP contribution in [-0.2, 0) is 6.54 Å². The Labute approximate surface area is 175 Å². The topological polar surface area (TPSA) is 122 Å². The van der Waals surface area contributed by atoms with E-state index in [4.69, 9.17) is 19.7 Å². The first-order valence-electron chi connectivity index (χ1n) is 9.87. The number of anilines is 2. The summed E-state index contributed by atoms with van der Waals surface area (Å²) in [4.78, 5) is 13.3. The van der Waals surface area contributed by atoms with Crippen LogP contribution < -0.4 is 15.4 Å². The highest BCUT2D eigenvalue weighted by Crippen LogP contribution is 2.34. The standard InChI is InChI=1S/C21H27N7O2/c1-6-29-21-15(8-7-9-23-21)16-10-17(24-11-18-26-14(5)30-28-18)20(25-12(2)3)19(27-16)13(4)22/h7-10,12,22,25H,6,11H2,1-5H3,(H,24,27). The minimum Gasteiger partial charge on any atom is -0.477 e. The molecule has 3 N–H and O–H groups in total. The molecule has 0 unspecified atom stereocenters. The molecule has 0 aromatic carbocycles. The summed E-state index contributed by atoms with van der Waals surface area (Å²) in [6.07, 6.45) is 1.68. The van der Waals surface area contributed by atoms with Gasteiger partial charge in [0.15, 0.2) is 5.82 Å². The summed E-state index contributed by atoms with van der Waals surface area (Å²) < 4.78 is 10.7. The van der Waals surface area contributed by atoms with Crippen molar-refractivity contribution in [3.63, 3.8) is 0 Å². The van der Waals surface area contributed by atoms with Gasteiger partial charge < -0.3 is 25.3 Å². The zero-order valence-electron chi connectivity index (χ0n) is 17.9. The Bertz CT molecular complexity index is 1030. The minimum atomic E-state index is 0.154. The first kappa shape index (κ1) is 21.2. The molecular formula is C21H27N7O2. The third-order valence-corrected chi connectivity index (χ3v) is 4.14. The van der Waals surface area contributed by atoms with Crippen molar-refractivity contribution in [2.45, 2.75) is 47.2 Å². The number of ether oxygens (including phenoxy) is 1. The van der Waals surface area contributed by atoms with E-state index in [0.29, 0.717) is 47.8 Å². The van der Waals surface area contributed by atoms with Gasteiger partial charge in [0.2, 0.25) is 11.8 Å². The second-order valence-electron chi connectivity index (χ2n) is 7.08. The van der Waals surface area contributed by atoms with E-state index in [1.165, 1.54) is 0 Å². The number of hydrogen-bond acceptors (Lipinski definition) is 9. The summed E-state index contributed by atoms with van der Waals surface area (Å²) in [5, 5.41) is 19.0. The average Bonchev–Trinajstić information content (AvgIpc) is 3.12. The quantitative estimate of drug-likeness (QED) is 0.452. The first-order chi connectivity index (χ1) is 14.4. The molecule has 3 aromatic rings. The van der Waals surface area contributed by atoms with Gasteiger partial charge in [-0.05, 0) is 45.9 Å². The monoisotopic (exact) mass is 409 g/mol. The fraction of sp³-hybridized carbons (Fsp3) is 0.381. The van der Waals surface area contributed by atoms with E-state index in [1.807, 2.05) is 39.0 Å². The number of nitrogens with one attached hydrogen (secondary N) is 3. The van der Waals surface area contributed by atoms with Crippen LogP contribution in [0.15, 0.2) is 28.9 Å². The molecule has 0 radical (unpaired) electrons. The lowest BCUT2D eigenvalue weighted by molar-refractivity contribution is 0.328. The maximum atomic E-state index is 8.29. The zero-order chi connectivity index (χ0) is 21.7. The molecule has 0 aliphatic rings. The van der Waals surface area contributed by atoms with Crippen molar-refractivity contribution in [2.24, 2.45) is 0 Å². The minimum absolute atomic E-state index is 0.154. The van der Waals surface area contributed by atoms with Crippen LogP contribution >= 0.6 is 0 Å². The fourth-order valence-electron chi connectivity index (χ4n) is 2.95. The van der Waals surface area contributed by atoms with E-state index in [2.05, 4.69) is 25.8 Å². The Morgan fingerprint density at radius 1 is 1.30 bits per heavy atom. The van der Waals surface area contributed by atoms with E-state index in [1.54, 1.807) is 20.0 Å². The van der Waals surface area contributed by atoms with Gasteiger partial charge >= 0.3 is 0 Å². The summed E-state index contributed by atoms with van der Waals surface area (Å²) in [5.74, 6) is 1.56. The average molecular weight is 409 g/mol. The highest BCUT2D eigenvalue weighted by molar-refractivity contribution is 6.03. The van der Waals surface area contributed by atoms with E-state index in [0.717, 1.165) is 16.9 Å². The Balaban J connectivity index is 2.10. The smallest absolute Gasteiger partial charge is 0.223 e. The molecule has 0 aliphatic heterocycles. The highest BCUT2D eigenvalue weighted by atomic mass is 16.5. The second-order valence-corrected chi connectivity index (χ2v) is 7.08. The maximum absolute atomic E-state index is 8.29. The number of nitrogens with zero attached hydrogens (tertiary/aromatic N) is 4. The lowest BCUT2D eigenvalue weighted by atomic mass is 10.1. The number of aryl methyl sites for hydroxylation is 1. The van der Waals surface area contributed by atoms with Crippen LogP contribution in [0.3, 0.4) is 0 Å². The van der Waals surface area contributed by atoms with Gasteiger partial charge in [0.25, 0.3) is 0 Å². The molecule has 0 saturated heterocycles. The van der Waals surface area contributed by atoms with Crippen molar-refractivity contribution in [1.29, 1.82) is 5.41 Å². The SMILES string of the molecule is CCOc1ncccc1-c1cc(NCc2noc(C)n2)c(NC(C)C)c(C(C)=N)n1. The van der Waals surface area contributed by atoms with Crippen LogP contribution in [0.25, 0.3) is 11.3 Å². The van der Waals surface area contributed by atoms with Gasteiger partial charge in [-0.25, -0.2) is 9.97 Å². The van der Waals surface area contributed by atoms with Crippen LogP contribution in [0.1, 0.15) is 45.1 Å². The van der Waals surface area contributed by atoms with Gasteiger partial charge in [0.05, 0.1) is 41.5 Å². The number of rotatable bonds is 9. The Morgan fingerprint density at radius 2 is 2.10 bits per heavy atom. The summed E-state index contributed by atoms with van der Waals surface area (Å²) in [6, 6.07) is 5.82. The molecule has 9 nitrogen and oxygen atoms in total. The van der Waals surface area contributed by atoms with E-state index >= 15 is 0 Å². The third kappa shape index (κ3) is 4.91. The number of aromatic nitrogens is 4. The van der Waals surface area contributed by atoms with Gasteiger partial charge in [0, 0.05) is 19.2 Å². The molecule has 9 heteroatoms. The first-order valence-corrected chi connectivity index (χ1v) is 9.87. The molecule has 0 amide bonds. The van der Waals surface area contributed by atoms with Crippen LogP contribution in [0, 0.1) is 12.3 Å². The van der Waals surface area contributed by atoms with Crippen LogP contribution in [-0.4, -0.2) is 38.5 Å². The van der Waals surface area contributed by atoms with E-state index in [-0.39, 0.29) is 6.04 Å². The second kappa shape index (κ2) is 9.34. The largest absolute Gasteiger partial charge is 0.477 e. The van der Waals surface area contributed by atoms with Gasteiger partial charge in [-0.15, -0.1) is 0 Å². The van der Waals surface area contributed by atoms with Gasteiger partial charge in [-0.3, -0.25) is 0 Å². The Hall–Kier alpha value is -3.49. The molecule has 0 aliphatic carbocycles. The van der Waals surface area contributed by atoms with Crippen LogP contribution in [0.4, 0.5) is 11.4 Å². The third-order valence-electron chi connectivity index (χ3n) is 4.14. The maximum Gasteiger partial charge on any atom is 0.223 e. The van der Waals surface area contributed by atoms with Crippen LogP contribution in [0.5, 0.6) is 5.88 Å². The molecule has 3 aromatic heterocycles. The summed E-state index contributed by atoms with van der Waals surface area (Å²) in [7, 11) is 0. The predicted molar refractivity (Wildman–Crippen MR) is 116 cm³/mol. The Kier molecular flexibility index (Phi) is 6.61. The normalized spacial score (nSPS) is 10.9. The molecule has 0 fully saturated rings. The summed E-state index contributed by atoms with van der Waals surface area (Å²) >= 11 is 0. The van der Waals surface area contributed by atoms with Crippen molar-refractivity contribution in [3.05, 3.63) is 41.8 Å². The molecule has 3 rings (SSSR count). The van der Waals surface area contributed by atoms with Crippen molar-refractivity contribution < 1.29 is 9.26 Å². The molecular weight excluding hydrogens is 382 g/mol. The lowest BCUT2D eigenvalue weighted by Gasteiger charge is -2.20. The van der Waals surface area contributed by atoms with Crippen molar-refractivity contribution in [2.75, 3.05) is 17.2 Å². The zero-order valence-corrected chi connectivity index (χ0v) is 17.9. The van der Waals surface area contributed by atoms with Gasteiger partial charge in [-0.2, -0.15) is 4.98 Å². The van der Waals surface area contributed by atoms with E-state index < -0.39 is 0 Å². The molecule has 0 bridgehead atoms. The highest BCUT2D eigenvalue weighted by Gasteiger charge is 2.19. The molecule has 0 saturated carbocycles. The van der Waals surface area contributed by atoms with Gasteiger partial charge in [-0.1, -0.05) is 5.16 Å². The van der Waals surface area contributed by atoms with E-state index in [9.17, 15) is 0 Å².